The van der Waals surface area contributed by atoms with Gasteiger partial charge in [-0.15, -0.1) is 0 Å². The molecule has 0 radical (unpaired) electrons. The third-order valence-corrected chi connectivity index (χ3v) is 21.1. The summed E-state index contributed by atoms with van der Waals surface area (Å²) >= 11 is -2.45. The van der Waals surface area contributed by atoms with Gasteiger partial charge < -0.3 is 24.8 Å². The van der Waals surface area contributed by atoms with Crippen LogP contribution in [0.5, 0.6) is 0 Å². The van der Waals surface area contributed by atoms with E-state index >= 15 is 0 Å². The van der Waals surface area contributed by atoms with E-state index in [9.17, 15) is 0 Å². The van der Waals surface area contributed by atoms with Crippen molar-refractivity contribution in [3.8, 4) is 22.3 Å². The molecule has 1 heterocycles. The van der Waals surface area contributed by atoms with Crippen molar-refractivity contribution < 1.29 is 41.4 Å². The monoisotopic (exact) mass is 780 g/mol. The summed E-state index contributed by atoms with van der Waals surface area (Å²) in [5, 5.41) is 0. The van der Waals surface area contributed by atoms with E-state index in [-0.39, 0.29) is 46.5 Å². The SMILES string of the molecule is CC1=Cc2c(-c3cc(C(C)(C)C)cc(C(C)(C)C)c3)cccc2[CH]1[Ti+2]1([CH]2C(C)=Cc3c(-c4cc(C(C)(C)C)cc(C(C)(C)C)c4)cccc32)[CH2][CH2]1.[Cl-].[Cl-]. The van der Waals surface area contributed by atoms with Crippen molar-refractivity contribution in [2.75, 3.05) is 0 Å². The van der Waals surface area contributed by atoms with Crippen LogP contribution in [-0.4, -0.2) is 0 Å². The molecule has 53 heavy (non-hydrogen) atoms. The zero-order chi connectivity index (χ0) is 37.1. The number of rotatable bonds is 4. The Kier molecular flexibility index (Phi) is 11.0. The van der Waals surface area contributed by atoms with Gasteiger partial charge in [-0.1, -0.05) is 0 Å². The summed E-state index contributed by atoms with van der Waals surface area (Å²) in [5.41, 5.74) is 21.1. The van der Waals surface area contributed by atoms with Crippen LogP contribution < -0.4 is 24.8 Å². The van der Waals surface area contributed by atoms with Gasteiger partial charge in [0.05, 0.1) is 0 Å². The van der Waals surface area contributed by atoms with Crippen molar-refractivity contribution in [1.29, 1.82) is 0 Å². The van der Waals surface area contributed by atoms with Crippen LogP contribution in [0.3, 0.4) is 0 Å². The number of hydrogen-bond donors (Lipinski definition) is 0. The summed E-state index contributed by atoms with van der Waals surface area (Å²) in [4.78, 5) is 0. The summed E-state index contributed by atoms with van der Waals surface area (Å²) < 4.78 is 4.15. The van der Waals surface area contributed by atoms with Crippen molar-refractivity contribution in [1.82, 2.24) is 0 Å². The molecular formula is C50H62Cl2Ti. The van der Waals surface area contributed by atoms with Crippen molar-refractivity contribution in [3.05, 3.63) is 128 Å². The predicted octanol–water partition coefficient (Wildman–Crippen LogP) is 8.84. The largest absolute Gasteiger partial charge is 1.00 e. The molecule has 0 bridgehead atoms. The Balaban J connectivity index is 0.00000271. The Bertz CT molecular complexity index is 1900. The summed E-state index contributed by atoms with van der Waals surface area (Å²) in [5.74, 6) is 0. The molecule has 2 unspecified atom stereocenters. The van der Waals surface area contributed by atoms with E-state index in [1.54, 1.807) is 22.3 Å². The van der Waals surface area contributed by atoms with Crippen LogP contribution in [0, 0.1) is 0 Å². The molecule has 1 fully saturated rings. The van der Waals surface area contributed by atoms with Crippen LogP contribution in [0.25, 0.3) is 34.4 Å². The molecule has 0 aromatic heterocycles. The summed E-state index contributed by atoms with van der Waals surface area (Å²) in [6.07, 6.45) is 5.19. The number of halogens is 2. The molecule has 0 N–H and O–H groups in total. The van der Waals surface area contributed by atoms with E-state index < -0.39 is 16.6 Å². The van der Waals surface area contributed by atoms with E-state index in [0.717, 1.165) is 0 Å². The quantitative estimate of drug-likeness (QED) is 0.182. The molecule has 0 amide bonds. The van der Waals surface area contributed by atoms with Crippen LogP contribution in [0.15, 0.2) is 83.9 Å². The van der Waals surface area contributed by atoms with Crippen LogP contribution in [0.1, 0.15) is 150 Å². The van der Waals surface area contributed by atoms with Crippen LogP contribution >= 0.6 is 0 Å². The predicted molar refractivity (Wildman–Crippen MR) is 221 cm³/mol. The summed E-state index contributed by atoms with van der Waals surface area (Å²) in [6.45, 7) is 33.1. The van der Waals surface area contributed by atoms with Gasteiger partial charge in [-0.2, -0.15) is 0 Å². The first-order valence-corrected chi connectivity index (χ1v) is 23.6. The Labute approximate surface area is 338 Å². The maximum absolute atomic E-state index is 2.60. The van der Waals surface area contributed by atoms with Gasteiger partial charge in [0, 0.05) is 0 Å². The first kappa shape index (κ1) is 41.8. The molecule has 4 aromatic carbocycles. The van der Waals surface area contributed by atoms with E-state index in [2.05, 4.69) is 182 Å². The Morgan fingerprint density at radius 1 is 0.453 bits per heavy atom. The minimum Gasteiger partial charge on any atom is -1.00 e. The average Bonchev–Trinajstić information content (AvgIpc) is 3.60. The summed E-state index contributed by atoms with van der Waals surface area (Å²) in [7, 11) is 0. The second kappa shape index (κ2) is 14.0. The van der Waals surface area contributed by atoms with Crippen LogP contribution in [-0.2, 0) is 38.2 Å². The zero-order valence-corrected chi connectivity index (χ0v) is 38.0. The van der Waals surface area contributed by atoms with Crippen LogP contribution in [0.4, 0.5) is 0 Å². The standard InChI is InChI=1S/2C24H29.C2H4.2ClH.Ti/c2*1-16-11-17-9-8-10-21(22(17)12-16)18-13-19(23(2,3)4)15-20(14-18)24(5,6)7;1-2;;;/h2*8-15H,1-7H3;1-2H2;2*1H;/q;;;;;+2/p-2. The fourth-order valence-electron chi connectivity index (χ4n) is 9.32. The molecule has 1 aliphatic heterocycles. The fraction of sp³-hybridized carbons (Fsp3) is 0.440. The van der Waals surface area contributed by atoms with Gasteiger partial charge in [-0.25, -0.2) is 0 Å². The molecule has 1 saturated heterocycles. The normalized spacial score (nSPS) is 18.5. The molecule has 2 aliphatic carbocycles. The van der Waals surface area contributed by atoms with Crippen molar-refractivity contribution in [3.63, 3.8) is 0 Å². The number of fused-ring (bicyclic) bond motifs is 2. The van der Waals surface area contributed by atoms with Gasteiger partial charge in [-0.05, 0) is 0 Å². The van der Waals surface area contributed by atoms with Crippen molar-refractivity contribution in [2.24, 2.45) is 0 Å². The van der Waals surface area contributed by atoms with Gasteiger partial charge in [0.1, 0.15) is 0 Å². The smallest absolute Gasteiger partial charge is 1.00 e. The minimum atomic E-state index is -2.45. The van der Waals surface area contributed by atoms with Gasteiger partial charge in [0.15, 0.2) is 0 Å². The molecule has 0 saturated carbocycles. The molecule has 7 rings (SSSR count). The first-order valence-electron chi connectivity index (χ1n) is 19.5. The Hall–Kier alpha value is -2.35. The average molecular weight is 782 g/mol. The van der Waals surface area contributed by atoms with Gasteiger partial charge in [0.2, 0.25) is 0 Å². The zero-order valence-electron chi connectivity index (χ0n) is 34.9. The van der Waals surface area contributed by atoms with Crippen molar-refractivity contribution in [2.45, 2.75) is 136 Å². The third kappa shape index (κ3) is 7.50. The minimum absolute atomic E-state index is 0. The summed E-state index contributed by atoms with van der Waals surface area (Å²) in [6, 6.07) is 29.4. The number of benzene rings is 4. The first-order chi connectivity index (χ1) is 23.6. The molecule has 0 nitrogen and oxygen atoms in total. The number of allylic oxidation sites excluding steroid dienone is 2. The van der Waals surface area contributed by atoms with Gasteiger partial charge >= 0.3 is 316 Å². The molecule has 3 heteroatoms. The molecule has 4 aromatic rings. The van der Waals surface area contributed by atoms with Crippen LogP contribution in [0.2, 0.25) is 9.45 Å². The van der Waals surface area contributed by atoms with Gasteiger partial charge in [-0.3, -0.25) is 0 Å². The van der Waals surface area contributed by atoms with Crippen molar-refractivity contribution >= 4 is 12.2 Å². The van der Waals surface area contributed by atoms with Gasteiger partial charge in [0.25, 0.3) is 0 Å². The maximum atomic E-state index is 2.60. The second-order valence-corrected chi connectivity index (χ2v) is 27.8. The topological polar surface area (TPSA) is 0 Å². The Morgan fingerprint density at radius 3 is 1.02 bits per heavy atom. The molecule has 3 aliphatic rings. The molecule has 2 atom stereocenters. The van der Waals surface area contributed by atoms with E-state index in [4.69, 9.17) is 0 Å². The molecule has 280 valence electrons. The maximum Gasteiger partial charge on any atom is -1.00 e. The second-order valence-electron chi connectivity index (χ2n) is 20.6. The molecular weight excluding hydrogens is 719 g/mol. The third-order valence-electron chi connectivity index (χ3n) is 12.5. The fourth-order valence-corrected chi connectivity index (χ4v) is 19.8. The van der Waals surface area contributed by atoms with E-state index in [1.165, 1.54) is 65.1 Å². The van der Waals surface area contributed by atoms with E-state index in [1.807, 2.05) is 0 Å². The number of hydrogen-bond acceptors (Lipinski definition) is 0. The molecule has 0 spiro atoms. The Morgan fingerprint density at radius 2 is 0.755 bits per heavy atom. The van der Waals surface area contributed by atoms with E-state index in [0.29, 0.717) is 8.45 Å².